The highest BCUT2D eigenvalue weighted by molar-refractivity contribution is 5.91. The van der Waals surface area contributed by atoms with E-state index in [2.05, 4.69) is 39.7 Å². The van der Waals surface area contributed by atoms with Gasteiger partial charge in [0.25, 0.3) is 0 Å². The van der Waals surface area contributed by atoms with E-state index in [1.807, 2.05) is 37.3 Å². The van der Waals surface area contributed by atoms with E-state index in [4.69, 9.17) is 5.90 Å². The SMILES string of the molecule is Cc1cc(CCC[C@@H](C(=O)N[C@H](C(=O)N[C@H](CO)c2ccccc2)C(C)(C)C)[C@H](O)C(=O)ON)ccc1-c1ccccc1. The van der Waals surface area contributed by atoms with Crippen molar-refractivity contribution in [3.63, 3.8) is 0 Å². The second-order valence-electron chi connectivity index (χ2n) is 11.9. The molecular weight excluding hydrogens is 546 g/mol. The van der Waals surface area contributed by atoms with Crippen LogP contribution in [0.2, 0.25) is 0 Å². The summed E-state index contributed by atoms with van der Waals surface area (Å²) in [6, 6.07) is 23.5. The second kappa shape index (κ2) is 15.4. The summed E-state index contributed by atoms with van der Waals surface area (Å²) in [6.07, 6.45) is -0.596. The molecule has 2 amide bonds. The van der Waals surface area contributed by atoms with Crippen molar-refractivity contribution in [3.05, 3.63) is 95.6 Å². The van der Waals surface area contributed by atoms with Gasteiger partial charge in [-0.3, -0.25) is 9.59 Å². The molecule has 0 radical (unpaired) electrons. The summed E-state index contributed by atoms with van der Waals surface area (Å²) in [5, 5.41) is 26.2. The molecule has 0 aromatic heterocycles. The van der Waals surface area contributed by atoms with Crippen LogP contribution in [0.3, 0.4) is 0 Å². The third-order valence-corrected chi connectivity index (χ3v) is 7.55. The van der Waals surface area contributed by atoms with Crippen LogP contribution in [0.4, 0.5) is 0 Å². The Kier molecular flexibility index (Phi) is 12.0. The number of carbonyl (C=O) groups excluding carboxylic acids is 3. The number of hydrogen-bond donors (Lipinski definition) is 5. The van der Waals surface area contributed by atoms with Gasteiger partial charge in [0.05, 0.1) is 18.6 Å². The van der Waals surface area contributed by atoms with Crippen LogP contribution in [0.1, 0.15) is 56.3 Å². The molecular formula is C34H43N3O6. The van der Waals surface area contributed by atoms with Crippen LogP contribution in [-0.2, 0) is 25.6 Å². The van der Waals surface area contributed by atoms with Crippen LogP contribution in [0, 0.1) is 18.3 Å². The van der Waals surface area contributed by atoms with E-state index in [0.29, 0.717) is 18.4 Å². The van der Waals surface area contributed by atoms with Crippen LogP contribution in [0.5, 0.6) is 0 Å². The molecule has 4 atom stereocenters. The number of rotatable bonds is 13. The number of hydrogen-bond acceptors (Lipinski definition) is 7. The maximum Gasteiger partial charge on any atom is 0.354 e. The normalized spacial score (nSPS) is 14.2. The third-order valence-electron chi connectivity index (χ3n) is 7.55. The highest BCUT2D eigenvalue weighted by atomic mass is 16.7. The van der Waals surface area contributed by atoms with Crippen molar-refractivity contribution in [3.8, 4) is 11.1 Å². The van der Waals surface area contributed by atoms with Crippen LogP contribution in [0.15, 0.2) is 78.9 Å². The van der Waals surface area contributed by atoms with Gasteiger partial charge in [-0.1, -0.05) is 99.6 Å². The summed E-state index contributed by atoms with van der Waals surface area (Å²) in [6.45, 7) is 7.06. The van der Waals surface area contributed by atoms with Crippen molar-refractivity contribution in [2.24, 2.45) is 17.2 Å². The maximum atomic E-state index is 13.5. The Hall–Kier alpha value is -4.05. The Morgan fingerprint density at radius 3 is 2.09 bits per heavy atom. The molecule has 0 unspecified atom stereocenters. The predicted molar refractivity (Wildman–Crippen MR) is 165 cm³/mol. The minimum Gasteiger partial charge on any atom is -0.394 e. The number of aryl methyl sites for hydroxylation is 2. The average molecular weight is 590 g/mol. The molecule has 0 aliphatic heterocycles. The first-order valence-electron chi connectivity index (χ1n) is 14.5. The Labute approximate surface area is 253 Å². The number of nitrogens with one attached hydrogen (secondary N) is 2. The van der Waals surface area contributed by atoms with Gasteiger partial charge in [0, 0.05) is 0 Å². The van der Waals surface area contributed by atoms with E-state index in [9.17, 15) is 24.6 Å². The molecule has 9 nitrogen and oxygen atoms in total. The monoisotopic (exact) mass is 589 g/mol. The van der Waals surface area contributed by atoms with Gasteiger partial charge in [0.1, 0.15) is 6.04 Å². The average Bonchev–Trinajstić information content (AvgIpc) is 3.00. The first-order valence-corrected chi connectivity index (χ1v) is 14.5. The van der Waals surface area contributed by atoms with Crippen molar-refractivity contribution in [1.82, 2.24) is 10.6 Å². The first-order chi connectivity index (χ1) is 20.5. The van der Waals surface area contributed by atoms with Gasteiger partial charge >= 0.3 is 5.97 Å². The van der Waals surface area contributed by atoms with Crippen LogP contribution < -0.4 is 16.5 Å². The molecule has 3 aromatic carbocycles. The minimum atomic E-state index is -1.81. The van der Waals surface area contributed by atoms with Gasteiger partial charge in [-0.2, -0.15) is 5.90 Å². The zero-order valence-corrected chi connectivity index (χ0v) is 25.2. The van der Waals surface area contributed by atoms with Crippen molar-refractivity contribution < 1.29 is 29.4 Å². The molecule has 3 rings (SSSR count). The van der Waals surface area contributed by atoms with E-state index >= 15 is 0 Å². The summed E-state index contributed by atoms with van der Waals surface area (Å²) >= 11 is 0. The zero-order valence-electron chi connectivity index (χ0n) is 25.2. The predicted octanol–water partition coefficient (Wildman–Crippen LogP) is 3.76. The van der Waals surface area contributed by atoms with Gasteiger partial charge in [0.15, 0.2) is 6.10 Å². The van der Waals surface area contributed by atoms with E-state index in [1.54, 1.807) is 45.0 Å². The molecule has 3 aromatic rings. The standard InChI is InChI=1S/C34H43N3O6/c1-22-20-23(18-19-26(22)24-13-7-5-8-14-24)12-11-17-27(29(39)33(42)43-35)31(40)37-30(34(2,3)4)32(41)36-28(21-38)25-15-9-6-10-16-25/h5-10,13-16,18-20,27-30,38-39H,11-12,17,21,35H2,1-4H3,(H,36,41)(H,37,40)/t27-,28-,29+,30-/m1/s1. The van der Waals surface area contributed by atoms with E-state index in [1.165, 1.54) is 0 Å². The number of amides is 2. The molecule has 6 N–H and O–H groups in total. The Morgan fingerprint density at radius 1 is 0.907 bits per heavy atom. The maximum absolute atomic E-state index is 13.5. The molecule has 0 bridgehead atoms. The van der Waals surface area contributed by atoms with E-state index in [0.717, 1.165) is 22.3 Å². The van der Waals surface area contributed by atoms with Crippen LogP contribution >= 0.6 is 0 Å². The number of carbonyl (C=O) groups is 3. The number of benzene rings is 3. The topological polar surface area (TPSA) is 151 Å². The highest BCUT2D eigenvalue weighted by Crippen LogP contribution is 2.26. The molecule has 230 valence electrons. The molecule has 0 spiro atoms. The Morgan fingerprint density at radius 2 is 1.53 bits per heavy atom. The Balaban J connectivity index is 1.73. The van der Waals surface area contributed by atoms with Gasteiger partial charge < -0.3 is 25.7 Å². The molecule has 0 heterocycles. The van der Waals surface area contributed by atoms with E-state index < -0.39 is 47.3 Å². The number of nitrogens with two attached hydrogens (primary N) is 1. The lowest BCUT2D eigenvalue weighted by Crippen LogP contribution is -2.57. The first kappa shape index (κ1) is 33.5. The fourth-order valence-electron chi connectivity index (χ4n) is 5.11. The van der Waals surface area contributed by atoms with Gasteiger partial charge in [-0.25, -0.2) is 4.79 Å². The molecule has 0 saturated carbocycles. The molecule has 0 aliphatic carbocycles. The van der Waals surface area contributed by atoms with Crippen LogP contribution in [-0.4, -0.2) is 46.7 Å². The van der Waals surface area contributed by atoms with Gasteiger partial charge in [0.2, 0.25) is 11.8 Å². The molecule has 43 heavy (non-hydrogen) atoms. The zero-order chi connectivity index (χ0) is 31.6. The number of aliphatic hydroxyl groups is 2. The lowest BCUT2D eigenvalue weighted by atomic mass is 9.84. The van der Waals surface area contributed by atoms with Crippen LogP contribution in [0.25, 0.3) is 11.1 Å². The van der Waals surface area contributed by atoms with Crippen molar-refractivity contribution in [1.29, 1.82) is 0 Å². The smallest absolute Gasteiger partial charge is 0.354 e. The lowest BCUT2D eigenvalue weighted by Gasteiger charge is -2.33. The van der Waals surface area contributed by atoms with Crippen molar-refractivity contribution >= 4 is 17.8 Å². The third kappa shape index (κ3) is 9.22. The molecule has 9 heteroatoms. The molecule has 0 aliphatic rings. The van der Waals surface area contributed by atoms with Gasteiger partial charge in [-0.05, 0) is 59.4 Å². The summed E-state index contributed by atoms with van der Waals surface area (Å²) in [7, 11) is 0. The lowest BCUT2D eigenvalue weighted by molar-refractivity contribution is -0.160. The summed E-state index contributed by atoms with van der Waals surface area (Å²) < 4.78 is 0. The van der Waals surface area contributed by atoms with Crippen molar-refractivity contribution in [2.45, 2.75) is 65.1 Å². The molecule has 0 saturated heterocycles. The summed E-state index contributed by atoms with van der Waals surface area (Å²) in [4.78, 5) is 43.4. The quantitative estimate of drug-likeness (QED) is 0.191. The number of aliphatic hydroxyl groups excluding tert-OH is 2. The summed E-state index contributed by atoms with van der Waals surface area (Å²) in [5.74, 6) is 1.50. The fraction of sp³-hybridized carbons (Fsp3) is 0.382. The second-order valence-corrected chi connectivity index (χ2v) is 11.9. The van der Waals surface area contributed by atoms with E-state index in [-0.39, 0.29) is 13.0 Å². The summed E-state index contributed by atoms with van der Waals surface area (Å²) in [5.41, 5.74) is 4.39. The molecule has 0 fully saturated rings. The minimum absolute atomic E-state index is 0.142. The largest absolute Gasteiger partial charge is 0.394 e. The van der Waals surface area contributed by atoms with Crippen molar-refractivity contribution in [2.75, 3.05) is 6.61 Å². The highest BCUT2D eigenvalue weighted by Gasteiger charge is 2.39. The van der Waals surface area contributed by atoms with Gasteiger partial charge in [-0.15, -0.1) is 0 Å². The Bertz CT molecular complexity index is 1360. The fourth-order valence-corrected chi connectivity index (χ4v) is 5.11.